The van der Waals surface area contributed by atoms with Gasteiger partial charge < -0.3 is 14.6 Å². The topological polar surface area (TPSA) is 64.4 Å². The van der Waals surface area contributed by atoms with E-state index in [1.54, 1.807) is 0 Å². The minimum atomic E-state index is -0.464. The predicted octanol–water partition coefficient (Wildman–Crippen LogP) is 5.36. The Hall–Kier alpha value is -3.08. The van der Waals surface area contributed by atoms with Crippen LogP contribution in [0.25, 0.3) is 11.3 Å². The Kier molecular flexibility index (Phi) is 6.26. The van der Waals surface area contributed by atoms with Crippen LogP contribution in [-0.2, 0) is 11.3 Å². The van der Waals surface area contributed by atoms with Crippen LogP contribution < -0.4 is 5.32 Å². The molecule has 0 bridgehead atoms. The van der Waals surface area contributed by atoms with E-state index in [4.69, 9.17) is 9.26 Å². The number of nitrogens with one attached hydrogen (secondary N) is 1. The number of carbonyl (C=O) groups excluding carboxylic acids is 1. The first-order valence-corrected chi connectivity index (χ1v) is 9.11. The summed E-state index contributed by atoms with van der Waals surface area (Å²) < 4.78 is 10.8. The van der Waals surface area contributed by atoms with Gasteiger partial charge in [-0.2, -0.15) is 0 Å². The van der Waals surface area contributed by atoms with Gasteiger partial charge in [-0.1, -0.05) is 79.7 Å². The maximum Gasteiger partial charge on any atom is 0.408 e. The zero-order valence-corrected chi connectivity index (χ0v) is 15.6. The Labute approximate surface area is 159 Å². The van der Waals surface area contributed by atoms with E-state index < -0.39 is 6.09 Å². The summed E-state index contributed by atoms with van der Waals surface area (Å²) in [6, 6.07) is 21.0. The van der Waals surface area contributed by atoms with Crippen molar-refractivity contribution in [2.75, 3.05) is 0 Å². The molecule has 0 aliphatic heterocycles. The Morgan fingerprint density at radius 3 is 2.41 bits per heavy atom. The molecule has 0 aliphatic rings. The first kappa shape index (κ1) is 18.7. The van der Waals surface area contributed by atoms with Crippen LogP contribution in [-0.4, -0.2) is 11.2 Å². The van der Waals surface area contributed by atoms with Gasteiger partial charge in [0.1, 0.15) is 12.3 Å². The highest BCUT2D eigenvalue weighted by Crippen LogP contribution is 2.26. The van der Waals surface area contributed by atoms with Crippen molar-refractivity contribution < 1.29 is 14.1 Å². The minimum Gasteiger partial charge on any atom is -0.445 e. The number of amides is 1. The molecule has 3 aromatic rings. The number of nitrogens with zero attached hydrogens (tertiary/aromatic N) is 1. The SMILES string of the molecule is CC(C)C[C@H](NC(=O)OCc1ccccc1)c1cc(-c2ccccc2)on1. The molecule has 140 valence electrons. The van der Waals surface area contributed by atoms with E-state index in [0.717, 1.165) is 17.5 Å². The highest BCUT2D eigenvalue weighted by atomic mass is 16.5. The van der Waals surface area contributed by atoms with E-state index in [9.17, 15) is 4.79 Å². The highest BCUT2D eigenvalue weighted by Gasteiger charge is 2.21. The molecule has 0 saturated carbocycles. The molecule has 1 N–H and O–H groups in total. The van der Waals surface area contributed by atoms with Gasteiger partial charge in [-0.15, -0.1) is 0 Å². The van der Waals surface area contributed by atoms with Crippen molar-refractivity contribution in [1.82, 2.24) is 10.5 Å². The van der Waals surface area contributed by atoms with Gasteiger partial charge in [0.25, 0.3) is 0 Å². The van der Waals surface area contributed by atoms with E-state index in [-0.39, 0.29) is 12.6 Å². The first-order chi connectivity index (χ1) is 13.1. The summed E-state index contributed by atoms with van der Waals surface area (Å²) in [4.78, 5) is 12.3. The Morgan fingerprint density at radius 2 is 1.74 bits per heavy atom. The molecule has 0 spiro atoms. The summed E-state index contributed by atoms with van der Waals surface area (Å²) in [6.07, 6.45) is 0.273. The second-order valence-corrected chi connectivity index (χ2v) is 6.87. The van der Waals surface area contributed by atoms with Gasteiger partial charge in [-0.05, 0) is 17.9 Å². The molecule has 1 amide bonds. The fourth-order valence-electron chi connectivity index (χ4n) is 2.82. The van der Waals surface area contributed by atoms with Gasteiger partial charge in [0.2, 0.25) is 0 Å². The number of aromatic nitrogens is 1. The quantitative estimate of drug-likeness (QED) is 0.613. The number of ether oxygens (including phenoxy) is 1. The summed E-state index contributed by atoms with van der Waals surface area (Å²) in [5.74, 6) is 1.06. The van der Waals surface area contributed by atoms with Gasteiger partial charge in [-0.3, -0.25) is 0 Å². The Bertz CT molecular complexity index is 844. The lowest BCUT2D eigenvalue weighted by atomic mass is 10.0. The lowest BCUT2D eigenvalue weighted by molar-refractivity contribution is 0.134. The number of rotatable bonds is 7. The van der Waals surface area contributed by atoms with Gasteiger partial charge in [-0.25, -0.2) is 4.79 Å². The molecule has 0 radical (unpaired) electrons. The normalized spacial score (nSPS) is 12.0. The average molecular weight is 364 g/mol. The van der Waals surface area contributed by atoms with Crippen molar-refractivity contribution in [2.45, 2.75) is 32.9 Å². The second kappa shape index (κ2) is 9.03. The number of alkyl carbamates (subject to hydrolysis) is 1. The number of hydrogen-bond donors (Lipinski definition) is 1. The van der Waals surface area contributed by atoms with Crippen molar-refractivity contribution in [2.24, 2.45) is 5.92 Å². The number of carbonyl (C=O) groups is 1. The molecule has 5 heteroatoms. The van der Waals surface area contributed by atoms with Crippen molar-refractivity contribution in [3.05, 3.63) is 78.0 Å². The largest absolute Gasteiger partial charge is 0.445 e. The van der Waals surface area contributed by atoms with E-state index >= 15 is 0 Å². The zero-order valence-electron chi connectivity index (χ0n) is 15.6. The number of hydrogen-bond acceptors (Lipinski definition) is 4. The molecule has 1 aromatic heterocycles. The van der Waals surface area contributed by atoms with Crippen LogP contribution in [0.4, 0.5) is 4.79 Å². The molecule has 1 heterocycles. The molecule has 0 saturated heterocycles. The molecule has 0 aliphatic carbocycles. The second-order valence-electron chi connectivity index (χ2n) is 6.87. The maximum atomic E-state index is 12.3. The molecule has 0 unspecified atom stereocenters. The van der Waals surface area contributed by atoms with E-state index in [1.807, 2.05) is 66.7 Å². The fraction of sp³-hybridized carbons (Fsp3) is 0.273. The summed E-state index contributed by atoms with van der Waals surface area (Å²) in [5, 5.41) is 7.09. The van der Waals surface area contributed by atoms with Crippen molar-refractivity contribution in [3.63, 3.8) is 0 Å². The third-order valence-electron chi connectivity index (χ3n) is 4.16. The molecule has 0 fully saturated rings. The van der Waals surface area contributed by atoms with Crippen LogP contribution in [0.3, 0.4) is 0 Å². The van der Waals surface area contributed by atoms with Crippen LogP contribution in [0.2, 0.25) is 0 Å². The third-order valence-corrected chi connectivity index (χ3v) is 4.16. The lowest BCUT2D eigenvalue weighted by Crippen LogP contribution is -2.30. The minimum absolute atomic E-state index is 0.231. The molecule has 1 atom stereocenters. The van der Waals surface area contributed by atoms with E-state index in [2.05, 4.69) is 24.3 Å². The van der Waals surface area contributed by atoms with Gasteiger partial charge in [0.15, 0.2) is 5.76 Å². The van der Waals surface area contributed by atoms with Gasteiger partial charge in [0, 0.05) is 11.6 Å². The van der Waals surface area contributed by atoms with Gasteiger partial charge in [0.05, 0.1) is 6.04 Å². The fourth-order valence-corrected chi connectivity index (χ4v) is 2.82. The Balaban J connectivity index is 1.67. The molecular weight excluding hydrogens is 340 g/mol. The monoisotopic (exact) mass is 364 g/mol. The molecular formula is C22H24N2O3. The Morgan fingerprint density at radius 1 is 1.07 bits per heavy atom. The van der Waals surface area contributed by atoms with Gasteiger partial charge >= 0.3 is 6.09 Å². The summed E-state index contributed by atoms with van der Waals surface area (Å²) in [7, 11) is 0. The van der Waals surface area contributed by atoms with Crippen LogP contribution in [0, 0.1) is 5.92 Å². The van der Waals surface area contributed by atoms with E-state index in [1.165, 1.54) is 0 Å². The smallest absolute Gasteiger partial charge is 0.408 e. The average Bonchev–Trinajstić information content (AvgIpc) is 3.17. The standard InChI is InChI=1S/C22H24N2O3/c1-16(2)13-19(23-22(25)26-15-17-9-5-3-6-10-17)20-14-21(27-24-20)18-11-7-4-8-12-18/h3-12,14,16,19H,13,15H2,1-2H3,(H,23,25)/t19-/m0/s1. The molecule has 27 heavy (non-hydrogen) atoms. The molecule has 3 rings (SSSR count). The van der Waals surface area contributed by atoms with E-state index in [0.29, 0.717) is 17.4 Å². The summed E-state index contributed by atoms with van der Waals surface area (Å²) >= 11 is 0. The lowest BCUT2D eigenvalue weighted by Gasteiger charge is -2.18. The van der Waals surface area contributed by atoms with Crippen LogP contribution in [0.15, 0.2) is 71.3 Å². The maximum absolute atomic E-state index is 12.3. The third kappa shape index (κ3) is 5.45. The summed E-state index contributed by atoms with van der Waals surface area (Å²) in [6.45, 7) is 4.43. The summed E-state index contributed by atoms with van der Waals surface area (Å²) in [5.41, 5.74) is 2.59. The predicted molar refractivity (Wildman–Crippen MR) is 104 cm³/mol. The van der Waals surface area contributed by atoms with Crippen molar-refractivity contribution >= 4 is 6.09 Å². The van der Waals surface area contributed by atoms with Crippen LogP contribution >= 0.6 is 0 Å². The van der Waals surface area contributed by atoms with Crippen molar-refractivity contribution in [3.8, 4) is 11.3 Å². The number of benzene rings is 2. The first-order valence-electron chi connectivity index (χ1n) is 9.11. The highest BCUT2D eigenvalue weighted by molar-refractivity contribution is 5.68. The van der Waals surface area contributed by atoms with Crippen LogP contribution in [0.5, 0.6) is 0 Å². The van der Waals surface area contributed by atoms with Crippen molar-refractivity contribution in [1.29, 1.82) is 0 Å². The molecule has 5 nitrogen and oxygen atoms in total. The van der Waals surface area contributed by atoms with Crippen LogP contribution in [0.1, 0.15) is 37.6 Å². The zero-order chi connectivity index (χ0) is 19.1. The molecule has 2 aromatic carbocycles.